The molecule has 0 bridgehead atoms. The molecule has 2 saturated carbocycles. The van der Waals surface area contributed by atoms with Crippen LogP contribution in [-0.2, 0) is 11.3 Å². The summed E-state index contributed by atoms with van der Waals surface area (Å²) < 4.78 is 12.1. The van der Waals surface area contributed by atoms with Crippen LogP contribution >= 0.6 is 0 Å². The van der Waals surface area contributed by atoms with Crippen molar-refractivity contribution in [2.45, 2.75) is 69.2 Å². The van der Waals surface area contributed by atoms with Crippen molar-refractivity contribution in [2.24, 2.45) is 0 Å². The summed E-state index contributed by atoms with van der Waals surface area (Å²) >= 11 is 0. The maximum atomic E-state index is 6.12. The fraction of sp³-hybridized carbons (Fsp3) is 0.706. The fourth-order valence-corrected chi connectivity index (χ4v) is 3.32. The molecule has 114 valence electrons. The second-order valence-corrected chi connectivity index (χ2v) is 6.76. The standard InChI is InChI=1S/C17H24N2O2/c1-7-17(8-1)10-15(6-9-20-17)21-16-5-4-14(19-12-16)11-18-13-2-3-13/h4-5,12-13,15,18H,1-3,6-11H2. The summed E-state index contributed by atoms with van der Waals surface area (Å²) in [6.07, 6.45) is 10.5. The highest BCUT2D eigenvalue weighted by Gasteiger charge is 2.43. The molecule has 1 aliphatic heterocycles. The summed E-state index contributed by atoms with van der Waals surface area (Å²) in [6.45, 7) is 1.70. The Hall–Kier alpha value is -1.13. The summed E-state index contributed by atoms with van der Waals surface area (Å²) in [5.74, 6) is 0.895. The summed E-state index contributed by atoms with van der Waals surface area (Å²) in [7, 11) is 0. The highest BCUT2D eigenvalue weighted by Crippen LogP contribution is 2.43. The molecule has 0 aromatic carbocycles. The van der Waals surface area contributed by atoms with Crippen molar-refractivity contribution in [2.75, 3.05) is 6.61 Å². The molecule has 2 aliphatic carbocycles. The van der Waals surface area contributed by atoms with Gasteiger partial charge in [-0.3, -0.25) is 4.98 Å². The Balaban J connectivity index is 1.31. The van der Waals surface area contributed by atoms with Crippen LogP contribution in [0.25, 0.3) is 0 Å². The first-order valence-electron chi connectivity index (χ1n) is 8.30. The van der Waals surface area contributed by atoms with Gasteiger partial charge >= 0.3 is 0 Å². The Morgan fingerprint density at radius 2 is 2.19 bits per heavy atom. The van der Waals surface area contributed by atoms with E-state index in [1.807, 2.05) is 6.20 Å². The van der Waals surface area contributed by atoms with Crippen LogP contribution in [-0.4, -0.2) is 29.3 Å². The lowest BCUT2D eigenvalue weighted by Gasteiger charge is -2.46. The number of hydrogen-bond donors (Lipinski definition) is 1. The first-order chi connectivity index (χ1) is 10.3. The van der Waals surface area contributed by atoms with E-state index < -0.39 is 0 Å². The zero-order valence-electron chi connectivity index (χ0n) is 12.5. The van der Waals surface area contributed by atoms with Crippen molar-refractivity contribution in [3.63, 3.8) is 0 Å². The second-order valence-electron chi connectivity index (χ2n) is 6.76. The zero-order chi connectivity index (χ0) is 14.1. The molecule has 1 N–H and O–H groups in total. The van der Waals surface area contributed by atoms with Crippen LogP contribution in [0.2, 0.25) is 0 Å². The lowest BCUT2D eigenvalue weighted by Crippen LogP contribution is -2.48. The van der Waals surface area contributed by atoms with Crippen LogP contribution in [0.3, 0.4) is 0 Å². The molecule has 0 amide bonds. The number of hydrogen-bond acceptors (Lipinski definition) is 4. The van der Waals surface area contributed by atoms with Crippen molar-refractivity contribution >= 4 is 0 Å². The average molecular weight is 288 g/mol. The highest BCUT2D eigenvalue weighted by molar-refractivity contribution is 5.20. The van der Waals surface area contributed by atoms with E-state index in [9.17, 15) is 0 Å². The van der Waals surface area contributed by atoms with Crippen LogP contribution in [0.15, 0.2) is 18.3 Å². The van der Waals surface area contributed by atoms with Gasteiger partial charge in [-0.15, -0.1) is 0 Å². The molecule has 1 aromatic heterocycles. The van der Waals surface area contributed by atoms with Gasteiger partial charge in [0.05, 0.1) is 24.1 Å². The Morgan fingerprint density at radius 1 is 1.29 bits per heavy atom. The van der Waals surface area contributed by atoms with Gasteiger partial charge in [0.15, 0.2) is 0 Å². The minimum absolute atomic E-state index is 0.143. The minimum Gasteiger partial charge on any atom is -0.489 e. The van der Waals surface area contributed by atoms with Gasteiger partial charge in [-0.2, -0.15) is 0 Å². The van der Waals surface area contributed by atoms with E-state index in [0.717, 1.165) is 43.5 Å². The van der Waals surface area contributed by atoms with Gasteiger partial charge in [0, 0.05) is 25.4 Å². The summed E-state index contributed by atoms with van der Waals surface area (Å²) in [5, 5.41) is 3.48. The van der Waals surface area contributed by atoms with Crippen LogP contribution in [0.5, 0.6) is 5.75 Å². The van der Waals surface area contributed by atoms with Crippen molar-refractivity contribution < 1.29 is 9.47 Å². The van der Waals surface area contributed by atoms with Gasteiger partial charge in [-0.05, 0) is 44.2 Å². The number of nitrogens with one attached hydrogen (secondary N) is 1. The van der Waals surface area contributed by atoms with Crippen molar-refractivity contribution in [3.8, 4) is 5.75 Å². The van der Waals surface area contributed by atoms with Gasteiger partial charge in [-0.1, -0.05) is 0 Å². The van der Waals surface area contributed by atoms with E-state index in [1.165, 1.54) is 32.1 Å². The minimum atomic E-state index is 0.143. The third kappa shape index (κ3) is 3.22. The van der Waals surface area contributed by atoms with Gasteiger partial charge in [0.2, 0.25) is 0 Å². The number of ether oxygens (including phenoxy) is 2. The first kappa shape index (κ1) is 13.5. The molecule has 0 radical (unpaired) electrons. The molecule has 3 aliphatic rings. The molecule has 1 unspecified atom stereocenters. The maximum Gasteiger partial charge on any atom is 0.138 e. The third-order valence-corrected chi connectivity index (χ3v) is 4.96. The van der Waals surface area contributed by atoms with Crippen molar-refractivity contribution in [3.05, 3.63) is 24.0 Å². The normalized spacial score (nSPS) is 27.3. The largest absolute Gasteiger partial charge is 0.489 e. The molecular weight excluding hydrogens is 264 g/mol. The van der Waals surface area contributed by atoms with Crippen LogP contribution in [0.4, 0.5) is 0 Å². The van der Waals surface area contributed by atoms with Crippen LogP contribution in [0, 0.1) is 0 Å². The topological polar surface area (TPSA) is 43.4 Å². The highest BCUT2D eigenvalue weighted by atomic mass is 16.5. The van der Waals surface area contributed by atoms with Gasteiger partial charge < -0.3 is 14.8 Å². The summed E-state index contributed by atoms with van der Waals surface area (Å²) in [5.41, 5.74) is 1.24. The van der Waals surface area contributed by atoms with E-state index in [1.54, 1.807) is 0 Å². The van der Waals surface area contributed by atoms with Gasteiger partial charge in [0.25, 0.3) is 0 Å². The van der Waals surface area contributed by atoms with E-state index in [-0.39, 0.29) is 11.7 Å². The number of aromatic nitrogens is 1. The Labute approximate surface area is 126 Å². The Bertz CT molecular complexity index is 480. The lowest BCUT2D eigenvalue weighted by molar-refractivity contribution is -0.153. The van der Waals surface area contributed by atoms with Crippen LogP contribution in [0.1, 0.15) is 50.6 Å². The van der Waals surface area contributed by atoms with Crippen molar-refractivity contribution in [1.29, 1.82) is 0 Å². The monoisotopic (exact) mass is 288 g/mol. The lowest BCUT2D eigenvalue weighted by atomic mass is 9.74. The molecule has 1 atom stereocenters. The zero-order valence-corrected chi connectivity index (χ0v) is 12.5. The van der Waals surface area contributed by atoms with Gasteiger partial charge in [0.1, 0.15) is 11.9 Å². The molecule has 1 spiro atoms. The molecule has 1 aromatic rings. The Kier molecular flexibility index (Phi) is 3.59. The van der Waals surface area contributed by atoms with E-state index in [4.69, 9.17) is 9.47 Å². The molecule has 1 saturated heterocycles. The summed E-state index contributed by atoms with van der Waals surface area (Å²) in [6, 6.07) is 4.85. The van der Waals surface area contributed by atoms with E-state index >= 15 is 0 Å². The number of nitrogens with zero attached hydrogens (tertiary/aromatic N) is 1. The predicted octanol–water partition coefficient (Wildman–Crippen LogP) is 2.81. The van der Waals surface area contributed by atoms with Crippen molar-refractivity contribution in [1.82, 2.24) is 10.3 Å². The number of rotatable bonds is 5. The molecule has 2 heterocycles. The molecule has 21 heavy (non-hydrogen) atoms. The second kappa shape index (κ2) is 5.58. The molecule has 4 heteroatoms. The molecule has 3 fully saturated rings. The Morgan fingerprint density at radius 3 is 2.86 bits per heavy atom. The molecule has 4 nitrogen and oxygen atoms in total. The van der Waals surface area contributed by atoms with Gasteiger partial charge in [-0.25, -0.2) is 0 Å². The van der Waals surface area contributed by atoms with Crippen LogP contribution < -0.4 is 10.1 Å². The average Bonchev–Trinajstić information content (AvgIpc) is 3.30. The predicted molar refractivity (Wildman–Crippen MR) is 80.3 cm³/mol. The smallest absolute Gasteiger partial charge is 0.138 e. The quantitative estimate of drug-likeness (QED) is 0.905. The SMILES string of the molecule is c1cc(CNC2CC2)ncc1OC1CCOC2(CCC2)C1. The fourth-order valence-electron chi connectivity index (χ4n) is 3.32. The summed E-state index contributed by atoms with van der Waals surface area (Å²) in [4.78, 5) is 4.50. The molecule has 4 rings (SSSR count). The first-order valence-corrected chi connectivity index (χ1v) is 8.30. The van der Waals surface area contributed by atoms with E-state index in [0.29, 0.717) is 0 Å². The van der Waals surface area contributed by atoms with E-state index in [2.05, 4.69) is 22.4 Å². The molecular formula is C17H24N2O2. The third-order valence-electron chi connectivity index (χ3n) is 4.96. The maximum absolute atomic E-state index is 6.12. The number of pyridine rings is 1.